The van der Waals surface area contributed by atoms with Crippen molar-refractivity contribution in [3.8, 4) is 0 Å². The lowest BCUT2D eigenvalue weighted by Crippen LogP contribution is -2.48. The Morgan fingerprint density at radius 1 is 1.17 bits per heavy atom. The first-order chi connectivity index (χ1) is 11.3. The third kappa shape index (κ3) is 9.79. The van der Waals surface area contributed by atoms with Crippen molar-refractivity contribution in [2.24, 2.45) is 4.99 Å². The molecule has 0 aromatic carbocycles. The van der Waals surface area contributed by atoms with Crippen molar-refractivity contribution in [2.45, 2.75) is 45.6 Å². The molecule has 0 bridgehead atoms. The Balaban J connectivity index is 2.21. The summed E-state index contributed by atoms with van der Waals surface area (Å²) in [6.07, 6.45) is 4.58. The topological polar surface area (TPSA) is 58.1 Å². The molecule has 0 aromatic heterocycles. The molecule has 0 radical (unpaired) electrons. The molecule has 6 heteroatoms. The first-order valence-corrected chi connectivity index (χ1v) is 9.14. The lowest BCUT2D eigenvalue weighted by atomic mass is 10.1. The molecule has 1 fully saturated rings. The van der Waals surface area contributed by atoms with Crippen LogP contribution in [0.5, 0.6) is 0 Å². The zero-order valence-corrected chi connectivity index (χ0v) is 15.3. The van der Waals surface area contributed by atoms with Gasteiger partial charge in [-0.05, 0) is 39.2 Å². The second-order valence-corrected chi connectivity index (χ2v) is 5.98. The van der Waals surface area contributed by atoms with Gasteiger partial charge in [0.15, 0.2) is 5.96 Å². The Labute approximate surface area is 142 Å². The molecule has 136 valence electrons. The molecule has 2 N–H and O–H groups in total. The number of ether oxygens (including phenoxy) is 2. The van der Waals surface area contributed by atoms with Gasteiger partial charge in [0.05, 0.1) is 13.2 Å². The number of likely N-dealkylation sites (tertiary alicyclic amines) is 1. The number of hydrogen-bond donors (Lipinski definition) is 2. The number of aliphatic imine (C=N–C) groups is 1. The Kier molecular flexibility index (Phi) is 11.9. The Bertz CT molecular complexity index is 305. The highest BCUT2D eigenvalue weighted by Crippen LogP contribution is 2.10. The van der Waals surface area contributed by atoms with Crippen LogP contribution in [0.15, 0.2) is 4.99 Å². The van der Waals surface area contributed by atoms with E-state index in [9.17, 15) is 0 Å². The predicted molar refractivity (Wildman–Crippen MR) is 96.2 cm³/mol. The highest BCUT2D eigenvalue weighted by molar-refractivity contribution is 5.80. The van der Waals surface area contributed by atoms with Gasteiger partial charge in [-0.3, -0.25) is 4.99 Å². The van der Waals surface area contributed by atoms with Crippen LogP contribution in [0, 0.1) is 0 Å². The van der Waals surface area contributed by atoms with E-state index >= 15 is 0 Å². The summed E-state index contributed by atoms with van der Waals surface area (Å²) < 4.78 is 10.4. The van der Waals surface area contributed by atoms with Crippen LogP contribution in [0.3, 0.4) is 0 Å². The van der Waals surface area contributed by atoms with Crippen LogP contribution >= 0.6 is 0 Å². The molecule has 1 heterocycles. The molecule has 0 unspecified atom stereocenters. The first-order valence-electron chi connectivity index (χ1n) is 9.14. The molecule has 1 rings (SSSR count). The quantitative estimate of drug-likeness (QED) is 0.342. The number of piperidine rings is 1. The lowest BCUT2D eigenvalue weighted by molar-refractivity contribution is 0.0702. The molecular weight excluding hydrogens is 292 g/mol. The highest BCUT2D eigenvalue weighted by Gasteiger charge is 2.19. The minimum absolute atomic E-state index is 0.541. The Morgan fingerprint density at radius 2 is 1.96 bits per heavy atom. The summed E-state index contributed by atoms with van der Waals surface area (Å²) in [5.41, 5.74) is 0. The van der Waals surface area contributed by atoms with Crippen LogP contribution < -0.4 is 10.6 Å². The van der Waals surface area contributed by atoms with Gasteiger partial charge in [0.25, 0.3) is 0 Å². The zero-order chi connectivity index (χ0) is 16.8. The van der Waals surface area contributed by atoms with Gasteiger partial charge in [-0.15, -0.1) is 0 Å². The molecule has 23 heavy (non-hydrogen) atoms. The van der Waals surface area contributed by atoms with Gasteiger partial charge >= 0.3 is 0 Å². The Morgan fingerprint density at radius 3 is 2.61 bits per heavy atom. The van der Waals surface area contributed by atoms with Gasteiger partial charge < -0.3 is 25.0 Å². The molecule has 1 aliphatic heterocycles. The second-order valence-electron chi connectivity index (χ2n) is 5.98. The van der Waals surface area contributed by atoms with Crippen LogP contribution in [-0.2, 0) is 9.47 Å². The number of nitrogens with one attached hydrogen (secondary N) is 2. The van der Waals surface area contributed by atoms with Crippen LogP contribution in [-0.4, -0.2) is 76.6 Å². The summed E-state index contributed by atoms with van der Waals surface area (Å²) in [6.45, 7) is 11.7. The van der Waals surface area contributed by atoms with Crippen LogP contribution in [0.1, 0.15) is 39.5 Å². The van der Waals surface area contributed by atoms with E-state index in [2.05, 4.69) is 34.4 Å². The van der Waals surface area contributed by atoms with Crippen molar-refractivity contribution in [3.05, 3.63) is 0 Å². The molecule has 0 spiro atoms. The van der Waals surface area contributed by atoms with Crippen molar-refractivity contribution >= 4 is 5.96 Å². The monoisotopic (exact) mass is 328 g/mol. The molecule has 0 atom stereocenters. The number of methoxy groups -OCH3 is 1. The fraction of sp³-hybridized carbons (Fsp3) is 0.941. The molecule has 1 aliphatic rings. The van der Waals surface area contributed by atoms with Crippen molar-refractivity contribution in [3.63, 3.8) is 0 Å². The minimum Gasteiger partial charge on any atom is -0.382 e. The predicted octanol–water partition coefficient (Wildman–Crippen LogP) is 1.47. The van der Waals surface area contributed by atoms with E-state index in [0.717, 1.165) is 32.1 Å². The molecular formula is C17H36N4O2. The van der Waals surface area contributed by atoms with E-state index in [-0.39, 0.29) is 0 Å². The number of rotatable bonds is 11. The summed E-state index contributed by atoms with van der Waals surface area (Å²) in [6, 6.07) is 0.541. The summed E-state index contributed by atoms with van der Waals surface area (Å²) in [5, 5.41) is 6.92. The standard InChI is InChI=1S/C17H36N4O2/c1-4-10-21-11-7-16(8-12-21)20-17(18-5-2)19-9-6-13-23-15-14-22-3/h16H,4-15H2,1-3H3,(H2,18,19,20). The van der Waals surface area contributed by atoms with Gasteiger partial charge in [-0.2, -0.15) is 0 Å². The second kappa shape index (κ2) is 13.6. The first kappa shape index (κ1) is 20.2. The Hall–Kier alpha value is -0.850. The zero-order valence-electron chi connectivity index (χ0n) is 15.3. The summed E-state index contributed by atoms with van der Waals surface area (Å²) in [7, 11) is 1.69. The van der Waals surface area contributed by atoms with E-state index in [1.54, 1.807) is 7.11 Å². The summed E-state index contributed by atoms with van der Waals surface area (Å²) >= 11 is 0. The van der Waals surface area contributed by atoms with Gasteiger partial charge in [0.2, 0.25) is 0 Å². The number of nitrogens with zero attached hydrogens (tertiary/aromatic N) is 2. The molecule has 0 amide bonds. The molecule has 0 aromatic rings. The number of hydrogen-bond acceptors (Lipinski definition) is 4. The lowest BCUT2D eigenvalue weighted by Gasteiger charge is -2.32. The largest absolute Gasteiger partial charge is 0.382 e. The van der Waals surface area contributed by atoms with E-state index in [0.29, 0.717) is 19.3 Å². The highest BCUT2D eigenvalue weighted by atomic mass is 16.5. The van der Waals surface area contributed by atoms with Gasteiger partial charge in [0, 0.05) is 45.9 Å². The van der Waals surface area contributed by atoms with Crippen molar-refractivity contribution in [1.82, 2.24) is 15.5 Å². The normalized spacial score (nSPS) is 17.4. The van der Waals surface area contributed by atoms with Crippen molar-refractivity contribution in [1.29, 1.82) is 0 Å². The fourth-order valence-electron chi connectivity index (χ4n) is 2.73. The summed E-state index contributed by atoms with van der Waals surface area (Å²) in [5.74, 6) is 0.943. The molecule has 1 saturated heterocycles. The molecule has 6 nitrogen and oxygen atoms in total. The van der Waals surface area contributed by atoms with E-state index in [4.69, 9.17) is 9.47 Å². The maximum absolute atomic E-state index is 5.46. The van der Waals surface area contributed by atoms with Crippen molar-refractivity contribution in [2.75, 3.05) is 59.7 Å². The number of guanidine groups is 1. The minimum atomic E-state index is 0.541. The van der Waals surface area contributed by atoms with E-state index in [1.165, 1.54) is 38.9 Å². The average molecular weight is 329 g/mol. The third-order valence-electron chi connectivity index (χ3n) is 3.96. The van der Waals surface area contributed by atoms with Gasteiger partial charge in [0.1, 0.15) is 0 Å². The van der Waals surface area contributed by atoms with E-state index < -0.39 is 0 Å². The fourth-order valence-corrected chi connectivity index (χ4v) is 2.73. The average Bonchev–Trinajstić information content (AvgIpc) is 2.56. The maximum Gasteiger partial charge on any atom is 0.191 e. The maximum atomic E-state index is 5.46. The van der Waals surface area contributed by atoms with E-state index in [1.807, 2.05) is 0 Å². The smallest absolute Gasteiger partial charge is 0.191 e. The molecule has 0 aliphatic carbocycles. The SMILES string of the molecule is CCCN1CCC(NC(=NCCCOCCOC)NCC)CC1. The van der Waals surface area contributed by atoms with Gasteiger partial charge in [-0.1, -0.05) is 6.92 Å². The van der Waals surface area contributed by atoms with Gasteiger partial charge in [-0.25, -0.2) is 0 Å². The molecule has 0 saturated carbocycles. The van der Waals surface area contributed by atoms with Crippen LogP contribution in [0.4, 0.5) is 0 Å². The summed E-state index contributed by atoms with van der Waals surface area (Å²) in [4.78, 5) is 7.21. The third-order valence-corrected chi connectivity index (χ3v) is 3.96. The van der Waals surface area contributed by atoms with Crippen molar-refractivity contribution < 1.29 is 9.47 Å². The van der Waals surface area contributed by atoms with Crippen LogP contribution in [0.2, 0.25) is 0 Å². The van der Waals surface area contributed by atoms with Crippen LogP contribution in [0.25, 0.3) is 0 Å².